The molecule has 168 valence electrons. The molecule has 1 atom stereocenters. The van der Waals surface area contributed by atoms with E-state index in [0.717, 1.165) is 17.7 Å². The molecule has 3 aromatic rings. The van der Waals surface area contributed by atoms with Crippen molar-refractivity contribution in [2.45, 2.75) is 25.8 Å². The number of alkyl carbamates (subject to hydrolysis) is 1. The zero-order chi connectivity index (χ0) is 22.7. The smallest absolute Gasteiger partial charge is 0.407 e. The summed E-state index contributed by atoms with van der Waals surface area (Å²) in [5.41, 5.74) is 1.64. The Labute approximate surface area is 182 Å². The normalized spacial score (nSPS) is 15.4. The molecule has 0 bridgehead atoms. The second-order valence-electron chi connectivity index (χ2n) is 7.47. The molecule has 2 heterocycles. The minimum absolute atomic E-state index is 0.0801. The average molecular weight is 443 g/mol. The van der Waals surface area contributed by atoms with Crippen LogP contribution < -0.4 is 16.2 Å². The van der Waals surface area contributed by atoms with Crippen molar-refractivity contribution in [3.8, 4) is 0 Å². The molecule has 0 saturated heterocycles. The number of nitrogens with one attached hydrogen (secondary N) is 2. The SMILES string of the molecule is CNC1COCc2c1c1cc(F)c(F)cc1c(=O)n2CCNC(=O)OCc1ccccc1. The maximum atomic E-state index is 14.0. The quantitative estimate of drug-likeness (QED) is 0.612. The maximum Gasteiger partial charge on any atom is 0.407 e. The summed E-state index contributed by atoms with van der Waals surface area (Å²) >= 11 is 0. The number of halogens is 2. The lowest BCUT2D eigenvalue weighted by atomic mass is 9.96. The fraction of sp³-hybridized carbons (Fsp3) is 0.304. The Morgan fingerprint density at radius 1 is 1.19 bits per heavy atom. The van der Waals surface area contributed by atoms with Crippen LogP contribution in [0.4, 0.5) is 13.6 Å². The molecule has 2 aromatic carbocycles. The van der Waals surface area contributed by atoms with Gasteiger partial charge in [0.25, 0.3) is 5.56 Å². The van der Waals surface area contributed by atoms with Crippen molar-refractivity contribution in [1.29, 1.82) is 0 Å². The standard InChI is InChI=1S/C23H23F2N3O4/c1-26-19-12-31-13-20-21(19)15-9-17(24)18(25)10-16(15)22(29)28(20)8-7-27-23(30)32-11-14-5-3-2-4-6-14/h2-6,9-10,19,26H,7-8,11-13H2,1H3,(H,27,30). The van der Waals surface area contributed by atoms with Crippen LogP contribution in [0.2, 0.25) is 0 Å². The highest BCUT2D eigenvalue weighted by atomic mass is 19.2. The lowest BCUT2D eigenvalue weighted by Crippen LogP contribution is -2.37. The van der Waals surface area contributed by atoms with Gasteiger partial charge in [-0.15, -0.1) is 0 Å². The zero-order valence-electron chi connectivity index (χ0n) is 17.5. The van der Waals surface area contributed by atoms with Gasteiger partial charge in [0.15, 0.2) is 11.6 Å². The van der Waals surface area contributed by atoms with Gasteiger partial charge in [0.05, 0.1) is 30.3 Å². The van der Waals surface area contributed by atoms with Gasteiger partial charge in [-0.3, -0.25) is 4.79 Å². The summed E-state index contributed by atoms with van der Waals surface area (Å²) in [7, 11) is 1.73. The molecule has 2 N–H and O–H groups in total. The Morgan fingerprint density at radius 2 is 1.91 bits per heavy atom. The van der Waals surface area contributed by atoms with Gasteiger partial charge < -0.3 is 24.7 Å². The summed E-state index contributed by atoms with van der Waals surface area (Å²) in [4.78, 5) is 25.1. The molecule has 0 aliphatic carbocycles. The zero-order valence-corrected chi connectivity index (χ0v) is 17.5. The van der Waals surface area contributed by atoms with E-state index in [1.807, 2.05) is 30.3 Å². The fourth-order valence-electron chi connectivity index (χ4n) is 3.92. The van der Waals surface area contributed by atoms with E-state index in [2.05, 4.69) is 10.6 Å². The molecule has 7 nitrogen and oxygen atoms in total. The lowest BCUT2D eigenvalue weighted by molar-refractivity contribution is 0.0783. The predicted octanol–water partition coefficient (Wildman–Crippen LogP) is 3.00. The molecule has 1 unspecified atom stereocenters. The molecule has 0 saturated carbocycles. The second-order valence-corrected chi connectivity index (χ2v) is 7.47. The Bertz CT molecular complexity index is 1200. The highest BCUT2D eigenvalue weighted by molar-refractivity contribution is 5.86. The number of ether oxygens (including phenoxy) is 2. The first-order chi connectivity index (χ1) is 15.5. The fourth-order valence-corrected chi connectivity index (χ4v) is 3.92. The van der Waals surface area contributed by atoms with E-state index in [-0.39, 0.29) is 37.7 Å². The van der Waals surface area contributed by atoms with Crippen LogP contribution in [0.25, 0.3) is 10.8 Å². The minimum atomic E-state index is -1.09. The summed E-state index contributed by atoms with van der Waals surface area (Å²) < 4.78 is 40.1. The summed E-state index contributed by atoms with van der Waals surface area (Å²) in [6, 6.07) is 10.9. The highest BCUT2D eigenvalue weighted by Crippen LogP contribution is 2.31. The number of pyridine rings is 1. The summed E-state index contributed by atoms with van der Waals surface area (Å²) in [5, 5.41) is 6.15. The van der Waals surface area contributed by atoms with Crippen LogP contribution in [0.3, 0.4) is 0 Å². The number of amides is 1. The van der Waals surface area contributed by atoms with Crippen molar-refractivity contribution in [3.05, 3.63) is 81.3 Å². The molecule has 0 spiro atoms. The molecule has 1 aromatic heterocycles. The maximum absolute atomic E-state index is 14.0. The number of fused-ring (bicyclic) bond motifs is 3. The number of hydrogen-bond donors (Lipinski definition) is 2. The number of likely N-dealkylation sites (N-methyl/N-ethyl adjacent to an activating group) is 1. The first-order valence-corrected chi connectivity index (χ1v) is 10.2. The summed E-state index contributed by atoms with van der Waals surface area (Å²) in [6.07, 6.45) is -0.617. The van der Waals surface area contributed by atoms with Crippen molar-refractivity contribution in [3.63, 3.8) is 0 Å². The highest BCUT2D eigenvalue weighted by Gasteiger charge is 2.27. The first-order valence-electron chi connectivity index (χ1n) is 10.2. The van der Waals surface area contributed by atoms with Gasteiger partial charge in [0.2, 0.25) is 0 Å². The van der Waals surface area contributed by atoms with E-state index in [0.29, 0.717) is 23.3 Å². The van der Waals surface area contributed by atoms with Crippen LogP contribution in [0, 0.1) is 11.6 Å². The van der Waals surface area contributed by atoms with E-state index >= 15 is 0 Å². The molecule has 1 aliphatic rings. The van der Waals surface area contributed by atoms with Crippen LogP contribution in [0.1, 0.15) is 22.9 Å². The van der Waals surface area contributed by atoms with Gasteiger partial charge in [0, 0.05) is 18.7 Å². The molecular formula is C23H23F2N3O4. The van der Waals surface area contributed by atoms with Crippen molar-refractivity contribution < 1.29 is 23.0 Å². The Morgan fingerprint density at radius 3 is 2.62 bits per heavy atom. The largest absolute Gasteiger partial charge is 0.445 e. The molecule has 4 rings (SSSR count). The molecule has 9 heteroatoms. The number of carbonyl (C=O) groups excluding carboxylic acids is 1. The van der Waals surface area contributed by atoms with Gasteiger partial charge in [0.1, 0.15) is 6.61 Å². The third-order valence-electron chi connectivity index (χ3n) is 5.50. The van der Waals surface area contributed by atoms with Gasteiger partial charge in [-0.25, -0.2) is 13.6 Å². The minimum Gasteiger partial charge on any atom is -0.445 e. The number of aromatic nitrogens is 1. The molecule has 1 amide bonds. The van der Waals surface area contributed by atoms with Crippen LogP contribution >= 0.6 is 0 Å². The van der Waals surface area contributed by atoms with Crippen molar-refractivity contribution in [2.24, 2.45) is 0 Å². The monoisotopic (exact) mass is 443 g/mol. The van der Waals surface area contributed by atoms with E-state index in [4.69, 9.17) is 9.47 Å². The van der Waals surface area contributed by atoms with Crippen LogP contribution in [-0.4, -0.2) is 30.9 Å². The van der Waals surface area contributed by atoms with E-state index in [9.17, 15) is 18.4 Å². The van der Waals surface area contributed by atoms with Gasteiger partial charge >= 0.3 is 6.09 Å². The topological polar surface area (TPSA) is 81.6 Å². The third-order valence-corrected chi connectivity index (χ3v) is 5.50. The van der Waals surface area contributed by atoms with Crippen LogP contribution in [0.15, 0.2) is 47.3 Å². The molecule has 32 heavy (non-hydrogen) atoms. The van der Waals surface area contributed by atoms with Gasteiger partial charge in [-0.1, -0.05) is 30.3 Å². The van der Waals surface area contributed by atoms with E-state index in [1.165, 1.54) is 4.57 Å². The van der Waals surface area contributed by atoms with Crippen molar-refractivity contribution in [2.75, 3.05) is 20.2 Å². The number of benzene rings is 2. The number of nitrogens with zero attached hydrogens (tertiary/aromatic N) is 1. The summed E-state index contributed by atoms with van der Waals surface area (Å²) in [6.45, 7) is 0.840. The molecule has 0 fully saturated rings. The lowest BCUT2D eigenvalue weighted by Gasteiger charge is -2.29. The van der Waals surface area contributed by atoms with E-state index in [1.54, 1.807) is 7.05 Å². The number of rotatable bonds is 6. The predicted molar refractivity (Wildman–Crippen MR) is 114 cm³/mol. The van der Waals surface area contributed by atoms with Crippen LogP contribution in [-0.2, 0) is 29.2 Å². The molecular weight excluding hydrogens is 420 g/mol. The average Bonchev–Trinajstić information content (AvgIpc) is 2.81. The van der Waals surface area contributed by atoms with E-state index < -0.39 is 23.3 Å². The van der Waals surface area contributed by atoms with Gasteiger partial charge in [-0.2, -0.15) is 0 Å². The molecule has 0 radical (unpaired) electrons. The van der Waals surface area contributed by atoms with Crippen LogP contribution in [0.5, 0.6) is 0 Å². The Hall–Kier alpha value is -3.30. The molecule has 1 aliphatic heterocycles. The first kappa shape index (κ1) is 21.9. The Kier molecular flexibility index (Phi) is 6.48. The number of carbonyl (C=O) groups is 1. The third kappa shape index (κ3) is 4.35. The van der Waals surface area contributed by atoms with Crippen molar-refractivity contribution >= 4 is 16.9 Å². The second kappa shape index (κ2) is 9.46. The number of hydrogen-bond acceptors (Lipinski definition) is 5. The Balaban J connectivity index is 1.57. The summed E-state index contributed by atoms with van der Waals surface area (Å²) in [5.74, 6) is -2.10. The van der Waals surface area contributed by atoms with Gasteiger partial charge in [-0.05, 0) is 30.1 Å². The van der Waals surface area contributed by atoms with Crippen molar-refractivity contribution in [1.82, 2.24) is 15.2 Å².